The number of hydrogen-bond donors (Lipinski definition) is 0. The minimum atomic E-state index is 0.539. The van der Waals surface area contributed by atoms with Gasteiger partial charge >= 0.3 is 0 Å². The molecule has 0 aliphatic heterocycles. The molecule has 0 atom stereocenters. The van der Waals surface area contributed by atoms with Crippen molar-refractivity contribution in [1.29, 1.82) is 0 Å². The summed E-state index contributed by atoms with van der Waals surface area (Å²) in [6, 6.07) is 0. The number of ether oxygens (including phenoxy) is 1. The van der Waals surface area contributed by atoms with Crippen LogP contribution in [0.15, 0.2) is 12.2 Å². The number of allylic oxidation sites excluding steroid dienone is 1. The predicted molar refractivity (Wildman–Crippen MR) is 112 cm³/mol. The van der Waals surface area contributed by atoms with E-state index in [1.54, 1.807) is 25.7 Å². The van der Waals surface area contributed by atoms with Crippen LogP contribution in [0.1, 0.15) is 104 Å². The van der Waals surface area contributed by atoms with E-state index in [-0.39, 0.29) is 0 Å². The van der Waals surface area contributed by atoms with Crippen LogP contribution in [-0.2, 0) is 4.74 Å². The van der Waals surface area contributed by atoms with E-state index in [0.717, 1.165) is 36.2 Å². The van der Waals surface area contributed by atoms with Crippen LogP contribution in [-0.4, -0.2) is 12.7 Å². The van der Waals surface area contributed by atoms with Gasteiger partial charge in [0.25, 0.3) is 0 Å². The van der Waals surface area contributed by atoms with Crippen molar-refractivity contribution in [2.45, 2.75) is 110 Å². The Morgan fingerprint density at radius 1 is 0.692 bits per heavy atom. The van der Waals surface area contributed by atoms with E-state index < -0.39 is 0 Å². The van der Waals surface area contributed by atoms with Crippen LogP contribution in [0.4, 0.5) is 0 Å². The van der Waals surface area contributed by atoms with Crippen molar-refractivity contribution in [3.05, 3.63) is 12.2 Å². The SMILES string of the molecule is C/C=C/COC1CCC(C2CCC(C3CCC(CCC)CC3)CC2)CC1. The average Bonchev–Trinajstić information content (AvgIpc) is 2.70. The van der Waals surface area contributed by atoms with Gasteiger partial charge in [-0.2, -0.15) is 0 Å². The summed E-state index contributed by atoms with van der Waals surface area (Å²) in [5.74, 6) is 5.28. The van der Waals surface area contributed by atoms with Crippen molar-refractivity contribution >= 4 is 0 Å². The minimum absolute atomic E-state index is 0.539. The summed E-state index contributed by atoms with van der Waals surface area (Å²) < 4.78 is 5.99. The van der Waals surface area contributed by atoms with Crippen LogP contribution in [0.5, 0.6) is 0 Å². The molecule has 26 heavy (non-hydrogen) atoms. The fraction of sp³-hybridized carbons (Fsp3) is 0.920. The van der Waals surface area contributed by atoms with Crippen LogP contribution in [0, 0.1) is 29.6 Å². The van der Waals surface area contributed by atoms with E-state index in [2.05, 4.69) is 26.0 Å². The third kappa shape index (κ3) is 5.85. The van der Waals surface area contributed by atoms with Crippen molar-refractivity contribution in [1.82, 2.24) is 0 Å². The highest BCUT2D eigenvalue weighted by Gasteiger charge is 2.34. The second-order valence-electron chi connectivity index (χ2n) is 9.68. The highest BCUT2D eigenvalue weighted by Crippen LogP contribution is 2.45. The fourth-order valence-corrected chi connectivity index (χ4v) is 6.46. The summed E-state index contributed by atoms with van der Waals surface area (Å²) >= 11 is 0. The summed E-state index contributed by atoms with van der Waals surface area (Å²) in [6.45, 7) is 5.25. The average molecular weight is 361 g/mol. The lowest BCUT2D eigenvalue weighted by Crippen LogP contribution is -2.31. The Labute approximate surface area is 163 Å². The smallest absolute Gasteiger partial charge is 0.0651 e. The molecule has 0 aromatic rings. The fourth-order valence-electron chi connectivity index (χ4n) is 6.46. The molecule has 0 heterocycles. The van der Waals surface area contributed by atoms with Crippen LogP contribution in [0.25, 0.3) is 0 Å². The monoisotopic (exact) mass is 360 g/mol. The van der Waals surface area contributed by atoms with Crippen molar-refractivity contribution in [2.24, 2.45) is 29.6 Å². The van der Waals surface area contributed by atoms with E-state index in [0.29, 0.717) is 6.10 Å². The molecule has 150 valence electrons. The van der Waals surface area contributed by atoms with Crippen LogP contribution < -0.4 is 0 Å². The van der Waals surface area contributed by atoms with Crippen molar-refractivity contribution < 1.29 is 4.74 Å². The summed E-state index contributed by atoms with van der Waals surface area (Å²) in [5.41, 5.74) is 0. The zero-order chi connectivity index (χ0) is 18.2. The minimum Gasteiger partial charge on any atom is -0.374 e. The molecule has 0 radical (unpaired) electrons. The van der Waals surface area contributed by atoms with E-state index in [1.165, 1.54) is 64.2 Å². The maximum Gasteiger partial charge on any atom is 0.0651 e. The molecule has 3 saturated carbocycles. The molecule has 3 aliphatic rings. The van der Waals surface area contributed by atoms with Crippen LogP contribution in [0.3, 0.4) is 0 Å². The third-order valence-electron chi connectivity index (χ3n) is 8.12. The molecule has 3 rings (SSSR count). The molecular weight excluding hydrogens is 316 g/mol. The van der Waals surface area contributed by atoms with Gasteiger partial charge in [0.2, 0.25) is 0 Å². The first kappa shape index (κ1) is 20.4. The Morgan fingerprint density at radius 2 is 1.15 bits per heavy atom. The van der Waals surface area contributed by atoms with Gasteiger partial charge in [-0.25, -0.2) is 0 Å². The Bertz CT molecular complexity index is 390. The molecule has 0 unspecified atom stereocenters. The molecule has 1 heteroatoms. The van der Waals surface area contributed by atoms with E-state index in [9.17, 15) is 0 Å². The van der Waals surface area contributed by atoms with Crippen LogP contribution in [0.2, 0.25) is 0 Å². The molecule has 3 fully saturated rings. The quantitative estimate of drug-likeness (QED) is 0.426. The topological polar surface area (TPSA) is 9.23 Å². The highest BCUT2D eigenvalue weighted by molar-refractivity contribution is 4.86. The highest BCUT2D eigenvalue weighted by atomic mass is 16.5. The Balaban J connectivity index is 1.33. The zero-order valence-corrected chi connectivity index (χ0v) is 17.6. The maximum absolute atomic E-state index is 5.99. The van der Waals surface area contributed by atoms with Gasteiger partial charge in [0.05, 0.1) is 12.7 Å². The molecule has 0 aromatic carbocycles. The third-order valence-corrected chi connectivity index (χ3v) is 8.12. The second-order valence-corrected chi connectivity index (χ2v) is 9.68. The summed E-state index contributed by atoms with van der Waals surface area (Å²) in [5, 5.41) is 0. The van der Waals surface area contributed by atoms with Gasteiger partial charge in [0, 0.05) is 0 Å². The maximum atomic E-state index is 5.99. The lowest BCUT2D eigenvalue weighted by atomic mass is 9.65. The molecule has 0 saturated heterocycles. The standard InChI is InChI=1S/C25H44O/c1-3-5-19-26-25-17-15-24(16-18-25)23-13-11-22(12-14-23)21-9-7-20(6-4-2)8-10-21/h3,5,20-25H,4,6-19H2,1-2H3/b5-3+. The van der Waals surface area contributed by atoms with E-state index in [4.69, 9.17) is 4.74 Å². The summed E-state index contributed by atoms with van der Waals surface area (Å²) in [7, 11) is 0. The molecule has 3 aliphatic carbocycles. The van der Waals surface area contributed by atoms with Crippen molar-refractivity contribution in [2.75, 3.05) is 6.61 Å². The Hall–Kier alpha value is -0.300. The first-order valence-electron chi connectivity index (χ1n) is 12.0. The van der Waals surface area contributed by atoms with Gasteiger partial charge in [-0.3, -0.25) is 0 Å². The summed E-state index contributed by atoms with van der Waals surface area (Å²) in [4.78, 5) is 0. The lowest BCUT2D eigenvalue weighted by Gasteiger charge is -2.41. The van der Waals surface area contributed by atoms with Gasteiger partial charge in [0.15, 0.2) is 0 Å². The molecule has 0 bridgehead atoms. The lowest BCUT2D eigenvalue weighted by molar-refractivity contribution is 0.0187. The first-order chi connectivity index (χ1) is 12.8. The molecule has 0 N–H and O–H groups in total. The Morgan fingerprint density at radius 3 is 1.62 bits per heavy atom. The Kier molecular flexibility index (Phi) is 8.56. The first-order valence-corrected chi connectivity index (χ1v) is 12.0. The normalized spacial score (nSPS) is 39.3. The molecule has 0 spiro atoms. The number of hydrogen-bond acceptors (Lipinski definition) is 1. The zero-order valence-electron chi connectivity index (χ0n) is 17.6. The largest absolute Gasteiger partial charge is 0.374 e. The van der Waals surface area contributed by atoms with Gasteiger partial charge in [-0.05, 0) is 101 Å². The second kappa shape index (κ2) is 10.9. The van der Waals surface area contributed by atoms with Crippen molar-refractivity contribution in [3.63, 3.8) is 0 Å². The van der Waals surface area contributed by atoms with Gasteiger partial charge in [0.1, 0.15) is 0 Å². The van der Waals surface area contributed by atoms with Gasteiger partial charge in [-0.15, -0.1) is 0 Å². The van der Waals surface area contributed by atoms with Gasteiger partial charge < -0.3 is 4.74 Å². The summed E-state index contributed by atoms with van der Waals surface area (Å²) in [6.07, 6.45) is 25.5. The van der Waals surface area contributed by atoms with E-state index in [1.807, 2.05) is 0 Å². The van der Waals surface area contributed by atoms with Crippen molar-refractivity contribution in [3.8, 4) is 0 Å². The van der Waals surface area contributed by atoms with Crippen LogP contribution >= 0.6 is 0 Å². The molecule has 0 amide bonds. The molecule has 0 aromatic heterocycles. The molecule has 1 nitrogen and oxygen atoms in total. The molecular formula is C25H44O. The predicted octanol–water partition coefficient (Wildman–Crippen LogP) is 7.55. The number of rotatable bonds is 7. The van der Waals surface area contributed by atoms with E-state index >= 15 is 0 Å². The van der Waals surface area contributed by atoms with Gasteiger partial charge in [-0.1, -0.05) is 44.8 Å².